The number of rotatable bonds is 4. The molecule has 3 heteroatoms. The second-order valence-electron chi connectivity index (χ2n) is 6.54. The summed E-state index contributed by atoms with van der Waals surface area (Å²) in [6.07, 6.45) is 7.59. The van der Waals surface area contributed by atoms with E-state index in [1.165, 1.54) is 38.5 Å². The van der Waals surface area contributed by atoms with E-state index in [0.29, 0.717) is 16.7 Å². The predicted octanol–water partition coefficient (Wildman–Crippen LogP) is 3.44. The minimum absolute atomic E-state index is 0.406. The van der Waals surface area contributed by atoms with Gasteiger partial charge >= 0.3 is 0 Å². The second kappa shape index (κ2) is 5.15. The first-order valence-corrected chi connectivity index (χ1v) is 8.51. The Morgan fingerprint density at radius 1 is 1.00 bits per heavy atom. The second-order valence-corrected chi connectivity index (χ2v) is 7.99. The zero-order chi connectivity index (χ0) is 12.7. The van der Waals surface area contributed by atoms with Crippen LogP contribution in [0.5, 0.6) is 0 Å². The third-order valence-corrected chi connectivity index (χ3v) is 5.79. The number of carbonyl (C=O) groups excluding carboxylic acids is 1. The fraction of sp³-hybridized carbons (Fsp3) is 0.933. The van der Waals surface area contributed by atoms with Crippen molar-refractivity contribution in [3.63, 3.8) is 0 Å². The quantitative estimate of drug-likeness (QED) is 0.728. The molecule has 0 spiro atoms. The first-order chi connectivity index (χ1) is 8.66. The highest BCUT2D eigenvalue weighted by Crippen LogP contribution is 2.50. The van der Waals surface area contributed by atoms with Crippen LogP contribution >= 0.6 is 15.9 Å². The molecule has 1 heterocycles. The summed E-state index contributed by atoms with van der Waals surface area (Å²) in [7, 11) is 0. The Bertz CT molecular complexity index is 302. The van der Waals surface area contributed by atoms with Gasteiger partial charge in [0.1, 0.15) is 0 Å². The lowest BCUT2D eigenvalue weighted by Gasteiger charge is -2.35. The van der Waals surface area contributed by atoms with Gasteiger partial charge in [0.05, 0.1) is 0 Å². The van der Waals surface area contributed by atoms with Crippen LogP contribution in [0.3, 0.4) is 0 Å². The van der Waals surface area contributed by atoms with Crippen LogP contribution in [0.2, 0.25) is 0 Å². The van der Waals surface area contributed by atoms with Crippen molar-refractivity contribution in [2.75, 3.05) is 13.1 Å². The normalized spacial score (nSPS) is 27.6. The fourth-order valence-electron chi connectivity index (χ4n) is 3.49. The van der Waals surface area contributed by atoms with Gasteiger partial charge in [0.2, 0.25) is 5.91 Å². The number of halogens is 1. The molecule has 3 aliphatic rings. The number of hydrogen-bond donors (Lipinski definition) is 0. The zero-order valence-electron chi connectivity index (χ0n) is 11.3. The van der Waals surface area contributed by atoms with E-state index in [1.807, 2.05) is 0 Å². The highest BCUT2D eigenvalue weighted by Gasteiger charge is 2.47. The summed E-state index contributed by atoms with van der Waals surface area (Å²) in [4.78, 5) is 15.4. The average molecular weight is 314 g/mol. The zero-order valence-corrected chi connectivity index (χ0v) is 12.9. The molecule has 1 saturated heterocycles. The van der Waals surface area contributed by atoms with Crippen molar-refractivity contribution >= 4 is 21.8 Å². The summed E-state index contributed by atoms with van der Waals surface area (Å²) >= 11 is 3.68. The molecule has 3 fully saturated rings. The summed E-state index contributed by atoms with van der Waals surface area (Å²) in [6, 6.07) is 0. The summed E-state index contributed by atoms with van der Waals surface area (Å²) < 4.78 is 0. The van der Waals surface area contributed by atoms with Gasteiger partial charge in [-0.2, -0.15) is 0 Å². The lowest BCUT2D eigenvalue weighted by Crippen LogP contribution is -2.44. The van der Waals surface area contributed by atoms with Crippen LogP contribution in [0.4, 0.5) is 0 Å². The number of piperidine rings is 1. The monoisotopic (exact) mass is 313 g/mol. The molecule has 1 atom stereocenters. The predicted molar refractivity (Wildman–Crippen MR) is 76.6 cm³/mol. The van der Waals surface area contributed by atoms with Crippen LogP contribution in [0.1, 0.15) is 45.4 Å². The van der Waals surface area contributed by atoms with E-state index in [9.17, 15) is 4.79 Å². The molecule has 3 rings (SSSR count). The molecule has 0 radical (unpaired) electrons. The van der Waals surface area contributed by atoms with Gasteiger partial charge in [-0.3, -0.25) is 4.79 Å². The average Bonchev–Trinajstić information content (AvgIpc) is 3.23. The SMILES string of the molecule is CC(Br)C1CCN(C(=O)C(C2CC2)C2CC2)CC1. The Hall–Kier alpha value is -0.0500. The van der Waals surface area contributed by atoms with Gasteiger partial charge in [-0.25, -0.2) is 0 Å². The maximum absolute atomic E-state index is 12.7. The summed E-state index contributed by atoms with van der Waals surface area (Å²) in [5, 5.41) is 0. The summed E-state index contributed by atoms with van der Waals surface area (Å²) in [5.74, 6) is 3.16. The maximum Gasteiger partial charge on any atom is 0.226 e. The van der Waals surface area contributed by atoms with E-state index in [0.717, 1.165) is 30.8 Å². The molecule has 102 valence electrons. The fourth-order valence-corrected chi connectivity index (χ4v) is 4.02. The molecule has 0 aromatic carbocycles. The van der Waals surface area contributed by atoms with Crippen molar-refractivity contribution in [3.8, 4) is 0 Å². The Morgan fingerprint density at radius 2 is 1.50 bits per heavy atom. The van der Waals surface area contributed by atoms with E-state index in [2.05, 4.69) is 27.8 Å². The van der Waals surface area contributed by atoms with Crippen molar-refractivity contribution in [3.05, 3.63) is 0 Å². The molecule has 2 aliphatic carbocycles. The Balaban J connectivity index is 1.56. The van der Waals surface area contributed by atoms with Crippen molar-refractivity contribution < 1.29 is 4.79 Å². The molecular weight excluding hydrogens is 290 g/mol. The highest BCUT2D eigenvalue weighted by molar-refractivity contribution is 9.09. The Morgan fingerprint density at radius 3 is 1.89 bits per heavy atom. The van der Waals surface area contributed by atoms with Crippen LogP contribution in [-0.2, 0) is 4.79 Å². The Labute approximate surface area is 119 Å². The van der Waals surface area contributed by atoms with Crippen LogP contribution in [0.25, 0.3) is 0 Å². The molecule has 2 nitrogen and oxygen atoms in total. The van der Waals surface area contributed by atoms with Gasteiger partial charge in [-0.1, -0.05) is 22.9 Å². The van der Waals surface area contributed by atoms with Gasteiger partial charge in [0, 0.05) is 23.8 Å². The lowest BCUT2D eigenvalue weighted by atomic mass is 9.91. The van der Waals surface area contributed by atoms with Crippen LogP contribution < -0.4 is 0 Å². The lowest BCUT2D eigenvalue weighted by molar-refractivity contribution is -0.138. The molecule has 18 heavy (non-hydrogen) atoms. The summed E-state index contributed by atoms with van der Waals surface area (Å²) in [5.41, 5.74) is 0. The third-order valence-electron chi connectivity index (χ3n) is 5.05. The van der Waals surface area contributed by atoms with Gasteiger partial charge in [-0.05, 0) is 56.3 Å². The van der Waals surface area contributed by atoms with E-state index in [1.54, 1.807) is 0 Å². The van der Waals surface area contributed by atoms with Crippen molar-refractivity contribution in [2.24, 2.45) is 23.7 Å². The van der Waals surface area contributed by atoms with Crippen LogP contribution in [-0.4, -0.2) is 28.7 Å². The van der Waals surface area contributed by atoms with Gasteiger partial charge in [0.15, 0.2) is 0 Å². The molecule has 1 aliphatic heterocycles. The summed E-state index contributed by atoms with van der Waals surface area (Å²) in [6.45, 7) is 4.23. The smallest absolute Gasteiger partial charge is 0.226 e. The first-order valence-electron chi connectivity index (χ1n) is 7.59. The van der Waals surface area contributed by atoms with Crippen molar-refractivity contribution in [2.45, 2.75) is 50.3 Å². The molecule has 0 bridgehead atoms. The molecule has 2 saturated carbocycles. The molecule has 0 aromatic rings. The standard InChI is InChI=1S/C15H24BrNO/c1-10(16)11-6-8-17(9-7-11)15(18)14(12-2-3-12)13-4-5-13/h10-14H,2-9H2,1H3. The third kappa shape index (κ3) is 2.76. The van der Waals surface area contributed by atoms with Gasteiger partial charge in [0.25, 0.3) is 0 Å². The van der Waals surface area contributed by atoms with E-state index in [-0.39, 0.29) is 0 Å². The molecule has 1 unspecified atom stereocenters. The molecule has 0 N–H and O–H groups in total. The van der Waals surface area contributed by atoms with Crippen molar-refractivity contribution in [1.82, 2.24) is 4.90 Å². The largest absolute Gasteiger partial charge is 0.342 e. The molecule has 0 aromatic heterocycles. The maximum atomic E-state index is 12.7. The first kappa shape index (κ1) is 13.0. The van der Waals surface area contributed by atoms with Crippen LogP contribution in [0.15, 0.2) is 0 Å². The minimum atomic E-state index is 0.406. The van der Waals surface area contributed by atoms with Crippen LogP contribution in [0, 0.1) is 23.7 Å². The van der Waals surface area contributed by atoms with E-state index in [4.69, 9.17) is 0 Å². The number of alkyl halides is 1. The highest BCUT2D eigenvalue weighted by atomic mass is 79.9. The minimum Gasteiger partial charge on any atom is -0.342 e. The molecule has 1 amide bonds. The van der Waals surface area contributed by atoms with E-state index >= 15 is 0 Å². The number of nitrogens with zero attached hydrogens (tertiary/aromatic N) is 1. The number of likely N-dealkylation sites (tertiary alicyclic amines) is 1. The van der Waals surface area contributed by atoms with E-state index < -0.39 is 0 Å². The van der Waals surface area contributed by atoms with Gasteiger partial charge < -0.3 is 4.90 Å². The van der Waals surface area contributed by atoms with Gasteiger partial charge in [-0.15, -0.1) is 0 Å². The Kier molecular flexibility index (Phi) is 3.70. The molecular formula is C15H24BrNO. The topological polar surface area (TPSA) is 20.3 Å². The number of amides is 1. The number of hydrogen-bond acceptors (Lipinski definition) is 1. The van der Waals surface area contributed by atoms with Crippen molar-refractivity contribution in [1.29, 1.82) is 0 Å². The number of carbonyl (C=O) groups is 1.